The summed E-state index contributed by atoms with van der Waals surface area (Å²) >= 11 is 0. The highest BCUT2D eigenvalue weighted by Crippen LogP contribution is 2.38. The number of likely N-dealkylation sites (tertiary alicyclic amines) is 1. The van der Waals surface area contributed by atoms with Crippen LogP contribution >= 0.6 is 0 Å². The molecule has 2 aromatic carbocycles. The average molecular weight is 309 g/mol. The van der Waals surface area contributed by atoms with E-state index >= 15 is 0 Å². The van der Waals surface area contributed by atoms with Gasteiger partial charge in [-0.3, -0.25) is 4.90 Å². The van der Waals surface area contributed by atoms with E-state index in [1.54, 1.807) is 0 Å². The standard InChI is InChI=1S/C21H27NO/c1-16-13-14-22(17(2)15-16)20(18-9-5-3-6-10-18)21(23)19-11-7-4-8-12-19/h3-12,16-17,20-21,23H,13-15H2,1-2H3/t16-,17+,20+,21+/m0/s1. The summed E-state index contributed by atoms with van der Waals surface area (Å²) in [5.74, 6) is 0.770. The van der Waals surface area contributed by atoms with Gasteiger partial charge >= 0.3 is 0 Å². The van der Waals surface area contributed by atoms with Crippen LogP contribution < -0.4 is 0 Å². The van der Waals surface area contributed by atoms with Crippen molar-refractivity contribution >= 4 is 0 Å². The fourth-order valence-corrected chi connectivity index (χ4v) is 3.88. The summed E-state index contributed by atoms with van der Waals surface area (Å²) in [7, 11) is 0. The lowest BCUT2D eigenvalue weighted by Crippen LogP contribution is -2.44. The lowest BCUT2D eigenvalue weighted by molar-refractivity contribution is 0.000170. The van der Waals surface area contributed by atoms with Crippen LogP contribution in [0.3, 0.4) is 0 Å². The third-order valence-corrected chi connectivity index (χ3v) is 5.13. The van der Waals surface area contributed by atoms with Crippen molar-refractivity contribution in [3.8, 4) is 0 Å². The van der Waals surface area contributed by atoms with Crippen LogP contribution in [0.5, 0.6) is 0 Å². The fourth-order valence-electron chi connectivity index (χ4n) is 3.88. The van der Waals surface area contributed by atoms with Crippen molar-refractivity contribution in [1.82, 2.24) is 4.90 Å². The first kappa shape index (κ1) is 16.2. The van der Waals surface area contributed by atoms with Crippen LogP contribution in [0.2, 0.25) is 0 Å². The molecular weight excluding hydrogens is 282 g/mol. The number of aliphatic hydroxyl groups is 1. The number of aliphatic hydroxyl groups excluding tert-OH is 1. The van der Waals surface area contributed by atoms with E-state index < -0.39 is 6.10 Å². The number of hydrogen-bond acceptors (Lipinski definition) is 2. The van der Waals surface area contributed by atoms with Crippen LogP contribution in [0, 0.1) is 5.92 Å². The van der Waals surface area contributed by atoms with E-state index in [1.807, 2.05) is 36.4 Å². The maximum absolute atomic E-state index is 11.1. The molecule has 3 rings (SSSR count). The first-order valence-electron chi connectivity index (χ1n) is 8.70. The minimum atomic E-state index is -0.505. The normalized spacial score (nSPS) is 25.0. The second kappa shape index (κ2) is 7.29. The summed E-state index contributed by atoms with van der Waals surface area (Å²) in [6, 6.07) is 21.0. The molecule has 0 amide bonds. The molecule has 0 aromatic heterocycles. The molecule has 1 saturated heterocycles. The molecule has 23 heavy (non-hydrogen) atoms. The van der Waals surface area contributed by atoms with E-state index in [4.69, 9.17) is 0 Å². The maximum Gasteiger partial charge on any atom is 0.0986 e. The highest BCUT2D eigenvalue weighted by molar-refractivity contribution is 5.26. The van der Waals surface area contributed by atoms with Gasteiger partial charge in [-0.2, -0.15) is 0 Å². The smallest absolute Gasteiger partial charge is 0.0986 e. The second-order valence-corrected chi connectivity index (χ2v) is 6.93. The molecule has 122 valence electrons. The lowest BCUT2D eigenvalue weighted by atomic mass is 9.87. The minimum absolute atomic E-state index is 0.0149. The maximum atomic E-state index is 11.1. The first-order chi connectivity index (χ1) is 11.2. The van der Waals surface area contributed by atoms with Gasteiger partial charge in [-0.1, -0.05) is 67.6 Å². The zero-order valence-electron chi connectivity index (χ0n) is 14.1. The van der Waals surface area contributed by atoms with Gasteiger partial charge < -0.3 is 5.11 Å². The molecule has 4 atom stereocenters. The Hall–Kier alpha value is -1.64. The van der Waals surface area contributed by atoms with Crippen molar-refractivity contribution < 1.29 is 5.11 Å². The molecule has 0 saturated carbocycles. The van der Waals surface area contributed by atoms with E-state index in [-0.39, 0.29) is 6.04 Å². The van der Waals surface area contributed by atoms with E-state index in [2.05, 4.69) is 43.0 Å². The summed E-state index contributed by atoms with van der Waals surface area (Å²) in [6.45, 7) is 5.67. The Morgan fingerprint density at radius 2 is 1.48 bits per heavy atom. The average Bonchev–Trinajstić information content (AvgIpc) is 2.59. The summed E-state index contributed by atoms with van der Waals surface area (Å²) in [4.78, 5) is 2.49. The van der Waals surface area contributed by atoms with Crippen LogP contribution in [0.25, 0.3) is 0 Å². The van der Waals surface area contributed by atoms with E-state index in [0.29, 0.717) is 6.04 Å². The Bertz CT molecular complexity index is 598. The highest BCUT2D eigenvalue weighted by atomic mass is 16.3. The SMILES string of the molecule is C[C@H]1CCN([C@H](c2ccccc2)[C@H](O)c2ccccc2)[C@H](C)C1. The number of nitrogens with zero attached hydrogens (tertiary/aromatic N) is 1. The molecule has 0 spiro atoms. The van der Waals surface area contributed by atoms with Gasteiger partial charge in [0.15, 0.2) is 0 Å². The Kier molecular flexibility index (Phi) is 5.14. The van der Waals surface area contributed by atoms with Gasteiger partial charge in [0.05, 0.1) is 12.1 Å². The van der Waals surface area contributed by atoms with Gasteiger partial charge in [-0.25, -0.2) is 0 Å². The highest BCUT2D eigenvalue weighted by Gasteiger charge is 2.34. The van der Waals surface area contributed by atoms with Gasteiger partial charge in [0.1, 0.15) is 0 Å². The molecule has 0 bridgehead atoms. The van der Waals surface area contributed by atoms with Crippen molar-refractivity contribution in [3.05, 3.63) is 71.8 Å². The zero-order chi connectivity index (χ0) is 16.2. The summed E-state index contributed by atoms with van der Waals surface area (Å²) in [6.07, 6.45) is 1.90. The fraction of sp³-hybridized carbons (Fsp3) is 0.429. The van der Waals surface area contributed by atoms with Crippen molar-refractivity contribution in [1.29, 1.82) is 0 Å². The summed E-state index contributed by atoms with van der Waals surface area (Å²) in [5, 5.41) is 11.1. The van der Waals surface area contributed by atoms with Crippen molar-refractivity contribution in [2.75, 3.05) is 6.54 Å². The van der Waals surface area contributed by atoms with Crippen LogP contribution in [-0.2, 0) is 0 Å². The topological polar surface area (TPSA) is 23.5 Å². The molecule has 0 aliphatic carbocycles. The van der Waals surface area contributed by atoms with Crippen molar-refractivity contribution in [2.24, 2.45) is 5.92 Å². The van der Waals surface area contributed by atoms with Crippen LogP contribution in [-0.4, -0.2) is 22.6 Å². The third kappa shape index (κ3) is 3.65. The molecule has 1 fully saturated rings. The number of hydrogen-bond donors (Lipinski definition) is 1. The lowest BCUT2D eigenvalue weighted by Gasteiger charge is -2.43. The molecule has 1 aliphatic heterocycles. The van der Waals surface area contributed by atoms with E-state index in [1.165, 1.54) is 18.4 Å². The van der Waals surface area contributed by atoms with E-state index in [9.17, 15) is 5.11 Å². The predicted molar refractivity (Wildman–Crippen MR) is 95.2 cm³/mol. The van der Waals surface area contributed by atoms with Crippen molar-refractivity contribution in [2.45, 2.75) is 44.9 Å². The molecular formula is C21H27NO. The summed E-state index contributed by atoms with van der Waals surface area (Å²) in [5.41, 5.74) is 2.19. The molecule has 2 heteroatoms. The van der Waals surface area contributed by atoms with E-state index in [0.717, 1.165) is 18.0 Å². The molecule has 0 radical (unpaired) electrons. The monoisotopic (exact) mass is 309 g/mol. The van der Waals surface area contributed by atoms with Gasteiger partial charge in [-0.15, -0.1) is 0 Å². The van der Waals surface area contributed by atoms with Crippen molar-refractivity contribution in [3.63, 3.8) is 0 Å². The zero-order valence-corrected chi connectivity index (χ0v) is 14.1. The number of benzene rings is 2. The molecule has 1 N–H and O–H groups in total. The van der Waals surface area contributed by atoms with Crippen LogP contribution in [0.4, 0.5) is 0 Å². The largest absolute Gasteiger partial charge is 0.386 e. The predicted octanol–water partition coefficient (Wildman–Crippen LogP) is 4.58. The Morgan fingerprint density at radius 3 is 2.04 bits per heavy atom. The molecule has 1 heterocycles. The molecule has 2 aromatic rings. The van der Waals surface area contributed by atoms with Crippen LogP contribution in [0.15, 0.2) is 60.7 Å². The number of piperidine rings is 1. The summed E-state index contributed by atoms with van der Waals surface area (Å²) < 4.78 is 0. The van der Waals surface area contributed by atoms with Gasteiger partial charge in [0.25, 0.3) is 0 Å². The van der Waals surface area contributed by atoms with Gasteiger partial charge in [0.2, 0.25) is 0 Å². The van der Waals surface area contributed by atoms with Gasteiger partial charge in [-0.05, 0) is 43.4 Å². The van der Waals surface area contributed by atoms with Crippen LogP contribution in [0.1, 0.15) is 50.0 Å². The Balaban J connectivity index is 1.94. The third-order valence-electron chi connectivity index (χ3n) is 5.13. The number of rotatable bonds is 4. The Morgan fingerprint density at radius 1 is 0.913 bits per heavy atom. The second-order valence-electron chi connectivity index (χ2n) is 6.93. The Labute approximate surface area is 139 Å². The molecule has 0 unspecified atom stereocenters. The quantitative estimate of drug-likeness (QED) is 0.893. The minimum Gasteiger partial charge on any atom is -0.386 e. The molecule has 2 nitrogen and oxygen atoms in total. The molecule has 1 aliphatic rings. The van der Waals surface area contributed by atoms with Gasteiger partial charge in [0, 0.05) is 6.04 Å². The first-order valence-corrected chi connectivity index (χ1v) is 8.70.